The number of hydrogen-bond acceptors (Lipinski definition) is 4. The van der Waals surface area contributed by atoms with Gasteiger partial charge < -0.3 is 15.0 Å². The molecule has 0 saturated heterocycles. The molecular formula is C19H18N4O2. The number of H-pyrrole nitrogens is 1. The second-order valence-electron chi connectivity index (χ2n) is 5.90. The van der Waals surface area contributed by atoms with Crippen molar-refractivity contribution in [2.75, 3.05) is 13.2 Å². The largest absolute Gasteiger partial charge is 0.477 e. The van der Waals surface area contributed by atoms with Crippen LogP contribution in [-0.2, 0) is 11.2 Å². The van der Waals surface area contributed by atoms with Gasteiger partial charge in [-0.25, -0.2) is 9.97 Å². The third-order valence-electron chi connectivity index (χ3n) is 4.25. The van der Waals surface area contributed by atoms with Gasteiger partial charge in [0.15, 0.2) is 0 Å². The molecule has 0 aliphatic carbocycles. The molecule has 1 aliphatic rings. The Morgan fingerprint density at radius 3 is 2.88 bits per heavy atom. The SMILES string of the molecule is O=C1C=C(c2c[nH]c3ncnc(OCCc4ccccc4)c23)CCN1. The van der Waals surface area contributed by atoms with Crippen LogP contribution in [0.2, 0.25) is 0 Å². The summed E-state index contributed by atoms with van der Waals surface area (Å²) < 4.78 is 5.94. The van der Waals surface area contributed by atoms with E-state index < -0.39 is 0 Å². The lowest BCUT2D eigenvalue weighted by atomic mass is 10.0. The molecule has 0 fully saturated rings. The number of hydrogen-bond donors (Lipinski definition) is 2. The Labute approximate surface area is 145 Å². The van der Waals surface area contributed by atoms with Crippen LogP contribution in [0.5, 0.6) is 5.88 Å². The second-order valence-corrected chi connectivity index (χ2v) is 5.90. The van der Waals surface area contributed by atoms with Crippen molar-refractivity contribution >= 4 is 22.5 Å². The van der Waals surface area contributed by atoms with Crippen molar-refractivity contribution < 1.29 is 9.53 Å². The Kier molecular flexibility index (Phi) is 4.16. The Morgan fingerprint density at radius 1 is 1.16 bits per heavy atom. The number of nitrogens with zero attached hydrogens (tertiary/aromatic N) is 2. The van der Waals surface area contributed by atoms with Gasteiger partial charge in [-0.05, 0) is 17.6 Å². The van der Waals surface area contributed by atoms with Gasteiger partial charge >= 0.3 is 0 Å². The zero-order valence-electron chi connectivity index (χ0n) is 13.7. The van der Waals surface area contributed by atoms with Crippen molar-refractivity contribution in [2.24, 2.45) is 0 Å². The van der Waals surface area contributed by atoms with Crippen LogP contribution >= 0.6 is 0 Å². The first-order valence-corrected chi connectivity index (χ1v) is 8.29. The molecule has 2 aromatic heterocycles. The van der Waals surface area contributed by atoms with E-state index >= 15 is 0 Å². The lowest BCUT2D eigenvalue weighted by molar-refractivity contribution is -0.116. The minimum atomic E-state index is -0.0704. The van der Waals surface area contributed by atoms with Crippen LogP contribution in [-0.4, -0.2) is 34.0 Å². The number of ether oxygens (including phenoxy) is 1. The van der Waals surface area contributed by atoms with Gasteiger partial charge in [0.05, 0.1) is 12.0 Å². The number of nitrogens with one attached hydrogen (secondary N) is 2. The first kappa shape index (κ1) is 15.4. The molecule has 25 heavy (non-hydrogen) atoms. The second kappa shape index (κ2) is 6.76. The van der Waals surface area contributed by atoms with Crippen molar-refractivity contribution in [3.05, 3.63) is 60.1 Å². The molecule has 0 radical (unpaired) electrons. The third-order valence-corrected chi connectivity index (χ3v) is 4.25. The first-order chi connectivity index (χ1) is 12.3. The van der Waals surface area contributed by atoms with E-state index in [1.165, 1.54) is 11.9 Å². The summed E-state index contributed by atoms with van der Waals surface area (Å²) >= 11 is 0. The molecule has 0 saturated carbocycles. The van der Waals surface area contributed by atoms with E-state index in [1.54, 1.807) is 6.08 Å². The van der Waals surface area contributed by atoms with Crippen LogP contribution in [0.3, 0.4) is 0 Å². The van der Waals surface area contributed by atoms with E-state index in [0.717, 1.165) is 29.4 Å². The zero-order chi connectivity index (χ0) is 17.1. The van der Waals surface area contributed by atoms with Gasteiger partial charge in [-0.15, -0.1) is 0 Å². The van der Waals surface area contributed by atoms with E-state index in [4.69, 9.17) is 4.74 Å². The zero-order valence-corrected chi connectivity index (χ0v) is 13.7. The summed E-state index contributed by atoms with van der Waals surface area (Å²) in [4.78, 5) is 23.4. The first-order valence-electron chi connectivity index (χ1n) is 8.29. The van der Waals surface area contributed by atoms with Gasteiger partial charge in [0.1, 0.15) is 12.0 Å². The van der Waals surface area contributed by atoms with E-state index in [1.807, 2.05) is 24.4 Å². The van der Waals surface area contributed by atoms with Gasteiger partial charge in [-0.3, -0.25) is 4.79 Å². The standard InChI is InChI=1S/C19H18N4O2/c24-16-10-14(6-8-20-16)15-11-21-18-17(15)19(23-12-22-18)25-9-7-13-4-2-1-3-5-13/h1-5,10-12H,6-9H2,(H,20,24)(H,21,22,23). The maximum Gasteiger partial charge on any atom is 0.244 e. The van der Waals surface area contributed by atoms with Gasteiger partial charge in [0.2, 0.25) is 11.8 Å². The predicted octanol–water partition coefficient (Wildman–Crippen LogP) is 2.48. The molecule has 0 spiro atoms. The highest BCUT2D eigenvalue weighted by Gasteiger charge is 2.18. The van der Waals surface area contributed by atoms with Crippen LogP contribution in [0.25, 0.3) is 16.6 Å². The van der Waals surface area contributed by atoms with Crippen LogP contribution in [0.15, 0.2) is 48.9 Å². The summed E-state index contributed by atoms with van der Waals surface area (Å²) in [5, 5.41) is 3.63. The highest BCUT2D eigenvalue weighted by atomic mass is 16.5. The summed E-state index contributed by atoms with van der Waals surface area (Å²) in [5.41, 5.74) is 3.83. The molecular weight excluding hydrogens is 316 g/mol. The predicted molar refractivity (Wildman–Crippen MR) is 95.1 cm³/mol. The molecule has 2 N–H and O–H groups in total. The molecule has 4 rings (SSSR count). The van der Waals surface area contributed by atoms with Crippen LogP contribution in [0.4, 0.5) is 0 Å². The lowest BCUT2D eigenvalue weighted by Gasteiger charge is -2.14. The Hall–Kier alpha value is -3.15. The molecule has 1 aliphatic heterocycles. The van der Waals surface area contributed by atoms with Crippen LogP contribution in [0, 0.1) is 0 Å². The number of carbonyl (C=O) groups excluding carboxylic acids is 1. The Morgan fingerprint density at radius 2 is 2.04 bits per heavy atom. The Balaban J connectivity index is 1.60. The van der Waals surface area contributed by atoms with Crippen LogP contribution < -0.4 is 10.1 Å². The molecule has 3 aromatic rings. The molecule has 1 amide bonds. The topological polar surface area (TPSA) is 79.9 Å². The van der Waals surface area contributed by atoms with E-state index in [2.05, 4.69) is 32.4 Å². The van der Waals surface area contributed by atoms with E-state index in [-0.39, 0.29) is 5.91 Å². The Bertz CT molecular complexity index is 931. The monoisotopic (exact) mass is 334 g/mol. The highest BCUT2D eigenvalue weighted by Crippen LogP contribution is 2.32. The highest BCUT2D eigenvalue weighted by molar-refractivity contribution is 6.02. The van der Waals surface area contributed by atoms with Gasteiger partial charge in [0.25, 0.3) is 0 Å². The molecule has 6 nitrogen and oxygen atoms in total. The number of fused-ring (bicyclic) bond motifs is 1. The fourth-order valence-electron chi connectivity index (χ4n) is 3.02. The molecule has 1 aromatic carbocycles. The van der Waals surface area contributed by atoms with Gasteiger partial charge in [0, 0.05) is 30.8 Å². The summed E-state index contributed by atoms with van der Waals surface area (Å²) in [6.07, 6.45) is 6.57. The van der Waals surface area contributed by atoms with Gasteiger partial charge in [-0.2, -0.15) is 0 Å². The maximum atomic E-state index is 11.7. The smallest absolute Gasteiger partial charge is 0.244 e. The van der Waals surface area contributed by atoms with Crippen molar-refractivity contribution in [1.29, 1.82) is 0 Å². The number of carbonyl (C=O) groups is 1. The number of rotatable bonds is 5. The quantitative estimate of drug-likeness (QED) is 0.751. The average molecular weight is 334 g/mol. The molecule has 0 bridgehead atoms. The van der Waals surface area contributed by atoms with Crippen LogP contribution in [0.1, 0.15) is 17.5 Å². The summed E-state index contributed by atoms with van der Waals surface area (Å²) in [5.74, 6) is 0.475. The van der Waals surface area contributed by atoms with Crippen molar-refractivity contribution in [3.63, 3.8) is 0 Å². The summed E-state index contributed by atoms with van der Waals surface area (Å²) in [7, 11) is 0. The fourth-order valence-corrected chi connectivity index (χ4v) is 3.02. The minimum Gasteiger partial charge on any atom is -0.477 e. The van der Waals surface area contributed by atoms with Crippen molar-refractivity contribution in [3.8, 4) is 5.88 Å². The summed E-state index contributed by atoms with van der Waals surface area (Å²) in [6.45, 7) is 1.16. The number of amides is 1. The average Bonchev–Trinajstić information content (AvgIpc) is 3.08. The molecule has 0 atom stereocenters. The third kappa shape index (κ3) is 3.24. The molecule has 3 heterocycles. The number of aromatic nitrogens is 3. The normalized spacial score (nSPS) is 14.2. The molecule has 6 heteroatoms. The number of benzene rings is 1. The molecule has 0 unspecified atom stereocenters. The van der Waals surface area contributed by atoms with Crippen molar-refractivity contribution in [2.45, 2.75) is 12.8 Å². The maximum absolute atomic E-state index is 11.7. The van der Waals surface area contributed by atoms with Crippen molar-refractivity contribution in [1.82, 2.24) is 20.3 Å². The summed E-state index contributed by atoms with van der Waals surface area (Å²) in [6, 6.07) is 10.2. The molecule has 126 valence electrons. The fraction of sp³-hybridized carbons (Fsp3) is 0.211. The minimum absolute atomic E-state index is 0.0704. The number of aromatic amines is 1. The van der Waals surface area contributed by atoms with E-state index in [0.29, 0.717) is 24.7 Å². The van der Waals surface area contributed by atoms with E-state index in [9.17, 15) is 4.79 Å². The lowest BCUT2D eigenvalue weighted by Crippen LogP contribution is -2.26. The van der Waals surface area contributed by atoms with Gasteiger partial charge in [-0.1, -0.05) is 30.3 Å².